The Balaban J connectivity index is 2.09. The second-order valence-electron chi connectivity index (χ2n) is 5.10. The first-order valence-electron chi connectivity index (χ1n) is 6.99. The summed E-state index contributed by atoms with van der Waals surface area (Å²) in [6.45, 7) is 2.08. The van der Waals surface area contributed by atoms with Gasteiger partial charge in [0.2, 0.25) is 0 Å². The molecule has 1 atom stereocenters. The number of hydrogen-bond donors (Lipinski definition) is 1. The van der Waals surface area contributed by atoms with Crippen molar-refractivity contribution in [2.24, 2.45) is 0 Å². The van der Waals surface area contributed by atoms with Crippen molar-refractivity contribution in [3.05, 3.63) is 70.3 Å². The molecular formula is C18H14BrN3. The number of halogens is 1. The van der Waals surface area contributed by atoms with Crippen LogP contribution in [-0.4, -0.2) is 4.98 Å². The average molecular weight is 352 g/mol. The molecule has 3 rings (SSSR count). The van der Waals surface area contributed by atoms with Gasteiger partial charge in [0.05, 0.1) is 16.8 Å². The highest BCUT2D eigenvalue weighted by molar-refractivity contribution is 9.10. The van der Waals surface area contributed by atoms with E-state index in [-0.39, 0.29) is 6.04 Å². The molecule has 3 aromatic rings. The number of pyridine rings is 1. The van der Waals surface area contributed by atoms with Gasteiger partial charge >= 0.3 is 0 Å². The summed E-state index contributed by atoms with van der Waals surface area (Å²) in [5.41, 5.74) is 3.41. The summed E-state index contributed by atoms with van der Waals surface area (Å²) in [5.74, 6) is 0. The number of rotatable bonds is 3. The van der Waals surface area contributed by atoms with Crippen LogP contribution in [0.5, 0.6) is 0 Å². The first-order valence-corrected chi connectivity index (χ1v) is 7.78. The van der Waals surface area contributed by atoms with E-state index in [0.717, 1.165) is 21.1 Å². The summed E-state index contributed by atoms with van der Waals surface area (Å²) < 4.78 is 0.965. The summed E-state index contributed by atoms with van der Waals surface area (Å²) in [6.07, 6.45) is 1.62. The number of nitriles is 1. The maximum absolute atomic E-state index is 9.39. The molecule has 108 valence electrons. The zero-order valence-corrected chi connectivity index (χ0v) is 13.6. The Hall–Kier alpha value is -2.38. The van der Waals surface area contributed by atoms with E-state index < -0.39 is 0 Å². The molecule has 0 spiro atoms. The van der Waals surface area contributed by atoms with Gasteiger partial charge in [0.1, 0.15) is 6.07 Å². The predicted octanol–water partition coefficient (Wildman–Crippen LogP) is 5.04. The van der Waals surface area contributed by atoms with Crippen LogP contribution in [0.15, 0.2) is 59.2 Å². The highest BCUT2D eigenvalue weighted by atomic mass is 79.9. The first kappa shape index (κ1) is 14.6. The first-order chi connectivity index (χ1) is 10.7. The molecule has 4 heteroatoms. The van der Waals surface area contributed by atoms with Crippen LogP contribution in [0.25, 0.3) is 10.9 Å². The topological polar surface area (TPSA) is 48.7 Å². The Morgan fingerprint density at radius 1 is 1.18 bits per heavy atom. The van der Waals surface area contributed by atoms with E-state index in [9.17, 15) is 5.26 Å². The van der Waals surface area contributed by atoms with E-state index in [1.54, 1.807) is 6.20 Å². The zero-order valence-electron chi connectivity index (χ0n) is 12.0. The number of fused-ring (bicyclic) bond motifs is 1. The Morgan fingerprint density at radius 2 is 1.95 bits per heavy atom. The van der Waals surface area contributed by atoms with E-state index in [0.29, 0.717) is 5.56 Å². The molecule has 22 heavy (non-hydrogen) atoms. The summed E-state index contributed by atoms with van der Waals surface area (Å²) >= 11 is 3.49. The van der Waals surface area contributed by atoms with E-state index >= 15 is 0 Å². The van der Waals surface area contributed by atoms with Gasteiger partial charge in [0.25, 0.3) is 0 Å². The highest BCUT2D eigenvalue weighted by Crippen LogP contribution is 2.31. The largest absolute Gasteiger partial charge is 0.377 e. The molecule has 0 fully saturated rings. The minimum absolute atomic E-state index is 0.0953. The Bertz CT molecular complexity index is 853. The van der Waals surface area contributed by atoms with Gasteiger partial charge in [0.15, 0.2) is 0 Å². The molecule has 0 aliphatic rings. The fourth-order valence-corrected chi connectivity index (χ4v) is 2.81. The van der Waals surface area contributed by atoms with Crippen molar-refractivity contribution >= 4 is 32.5 Å². The van der Waals surface area contributed by atoms with Crippen LogP contribution in [0.1, 0.15) is 24.1 Å². The van der Waals surface area contributed by atoms with Crippen molar-refractivity contribution in [3.8, 4) is 6.07 Å². The molecule has 0 saturated heterocycles. The van der Waals surface area contributed by atoms with Gasteiger partial charge < -0.3 is 5.32 Å². The third-order valence-electron chi connectivity index (χ3n) is 3.61. The molecule has 3 nitrogen and oxygen atoms in total. The summed E-state index contributed by atoms with van der Waals surface area (Å²) in [4.78, 5) is 4.35. The third-order valence-corrected chi connectivity index (χ3v) is 4.10. The van der Waals surface area contributed by atoms with Crippen LogP contribution in [-0.2, 0) is 0 Å². The number of nitrogens with one attached hydrogen (secondary N) is 1. The molecule has 0 bridgehead atoms. The molecule has 0 aliphatic carbocycles. The lowest BCUT2D eigenvalue weighted by Gasteiger charge is -2.18. The van der Waals surface area contributed by atoms with Gasteiger partial charge in [-0.25, -0.2) is 0 Å². The second kappa shape index (κ2) is 6.17. The van der Waals surface area contributed by atoms with Gasteiger partial charge in [-0.2, -0.15) is 5.26 Å². The lowest BCUT2D eigenvalue weighted by molar-refractivity contribution is 0.885. The number of nitrogens with zero attached hydrogens (tertiary/aromatic N) is 2. The molecule has 2 aromatic carbocycles. The maximum atomic E-state index is 9.39. The van der Waals surface area contributed by atoms with Crippen molar-refractivity contribution in [3.63, 3.8) is 0 Å². The van der Waals surface area contributed by atoms with E-state index in [1.807, 2.05) is 36.4 Å². The number of aromatic nitrogens is 1. The van der Waals surface area contributed by atoms with Crippen LogP contribution in [0.4, 0.5) is 5.69 Å². The molecular weight excluding hydrogens is 338 g/mol. The van der Waals surface area contributed by atoms with Crippen LogP contribution < -0.4 is 5.32 Å². The number of benzene rings is 2. The SMILES string of the molecule is C[C@@H](Nc1c(C#N)cnc2ccc(Br)cc12)c1ccccc1. The smallest absolute Gasteiger partial charge is 0.103 e. The van der Waals surface area contributed by atoms with E-state index in [4.69, 9.17) is 0 Å². The molecule has 0 saturated carbocycles. The van der Waals surface area contributed by atoms with Crippen LogP contribution in [0, 0.1) is 11.3 Å². The Labute approximate surface area is 137 Å². The fraction of sp³-hybridized carbons (Fsp3) is 0.111. The van der Waals surface area contributed by atoms with Crippen molar-refractivity contribution in [2.45, 2.75) is 13.0 Å². The highest BCUT2D eigenvalue weighted by Gasteiger charge is 2.13. The zero-order chi connectivity index (χ0) is 15.5. The Morgan fingerprint density at radius 3 is 2.68 bits per heavy atom. The van der Waals surface area contributed by atoms with Crippen molar-refractivity contribution in [2.75, 3.05) is 5.32 Å². The van der Waals surface area contributed by atoms with Gasteiger partial charge in [0, 0.05) is 22.1 Å². The molecule has 0 aliphatic heterocycles. The third kappa shape index (κ3) is 2.81. The van der Waals surface area contributed by atoms with Gasteiger partial charge in [-0.1, -0.05) is 46.3 Å². The van der Waals surface area contributed by atoms with Crippen LogP contribution >= 0.6 is 15.9 Å². The molecule has 1 heterocycles. The van der Waals surface area contributed by atoms with Crippen molar-refractivity contribution in [1.82, 2.24) is 4.98 Å². The van der Waals surface area contributed by atoms with Crippen molar-refractivity contribution in [1.29, 1.82) is 5.26 Å². The quantitative estimate of drug-likeness (QED) is 0.718. The molecule has 1 N–H and O–H groups in total. The summed E-state index contributed by atoms with van der Waals surface area (Å²) in [6, 6.07) is 18.4. The number of hydrogen-bond acceptors (Lipinski definition) is 3. The normalized spacial score (nSPS) is 11.9. The van der Waals surface area contributed by atoms with Crippen LogP contribution in [0.3, 0.4) is 0 Å². The fourth-order valence-electron chi connectivity index (χ4n) is 2.45. The minimum Gasteiger partial charge on any atom is -0.377 e. The standard InChI is InChI=1S/C18H14BrN3/c1-12(13-5-3-2-4-6-13)22-18-14(10-20)11-21-17-8-7-15(19)9-16(17)18/h2-9,11-12H,1H3,(H,21,22)/t12-/m1/s1. The lowest BCUT2D eigenvalue weighted by atomic mass is 10.1. The molecule has 1 aromatic heterocycles. The summed E-state index contributed by atoms with van der Waals surface area (Å²) in [7, 11) is 0. The van der Waals surface area contributed by atoms with E-state index in [2.05, 4.69) is 51.4 Å². The summed E-state index contributed by atoms with van der Waals surface area (Å²) in [5, 5.41) is 13.8. The molecule has 0 amide bonds. The molecule has 0 radical (unpaired) electrons. The Kier molecular flexibility index (Phi) is 4.08. The average Bonchev–Trinajstić information content (AvgIpc) is 2.56. The predicted molar refractivity (Wildman–Crippen MR) is 92.6 cm³/mol. The van der Waals surface area contributed by atoms with Gasteiger partial charge in [-0.05, 0) is 30.7 Å². The van der Waals surface area contributed by atoms with E-state index in [1.165, 1.54) is 5.56 Å². The van der Waals surface area contributed by atoms with Gasteiger partial charge in [-0.15, -0.1) is 0 Å². The molecule has 0 unspecified atom stereocenters. The van der Waals surface area contributed by atoms with Crippen LogP contribution in [0.2, 0.25) is 0 Å². The maximum Gasteiger partial charge on any atom is 0.103 e. The number of anilines is 1. The minimum atomic E-state index is 0.0953. The van der Waals surface area contributed by atoms with Gasteiger partial charge in [-0.3, -0.25) is 4.98 Å². The van der Waals surface area contributed by atoms with Crippen molar-refractivity contribution < 1.29 is 0 Å². The monoisotopic (exact) mass is 351 g/mol. The second-order valence-corrected chi connectivity index (χ2v) is 6.01. The lowest BCUT2D eigenvalue weighted by Crippen LogP contribution is -2.08.